The van der Waals surface area contributed by atoms with Crippen molar-refractivity contribution in [2.45, 2.75) is 13.2 Å². The first-order valence-corrected chi connectivity index (χ1v) is 13.1. The molecule has 0 aliphatic heterocycles. The molecule has 2 aromatic carbocycles. The number of ether oxygens (including phenoxy) is 3. The van der Waals surface area contributed by atoms with Crippen LogP contribution in [0, 0.1) is 5.82 Å². The maximum absolute atomic E-state index is 14.1. The summed E-state index contributed by atoms with van der Waals surface area (Å²) in [4.78, 5) is 35.2. The summed E-state index contributed by atoms with van der Waals surface area (Å²) in [5, 5.41) is 0. The Morgan fingerprint density at radius 1 is 1.13 bits per heavy atom. The van der Waals surface area contributed by atoms with Crippen molar-refractivity contribution in [3.05, 3.63) is 76.1 Å². The highest BCUT2D eigenvalue weighted by atomic mass is 31.2. The van der Waals surface area contributed by atoms with Gasteiger partial charge >= 0.3 is 0 Å². The van der Waals surface area contributed by atoms with E-state index < -0.39 is 19.8 Å². The summed E-state index contributed by atoms with van der Waals surface area (Å²) < 4.78 is 43.2. The van der Waals surface area contributed by atoms with Gasteiger partial charge < -0.3 is 33.6 Å². The van der Waals surface area contributed by atoms with Gasteiger partial charge in [-0.05, 0) is 42.0 Å². The number of nitrogen functional groups attached to an aromatic ring is 1. The third kappa shape index (κ3) is 7.36. The Balaban J connectivity index is 1.36. The third-order valence-corrected chi connectivity index (χ3v) is 6.74. The summed E-state index contributed by atoms with van der Waals surface area (Å²) >= 11 is 0. The lowest BCUT2D eigenvalue weighted by Gasteiger charge is -2.18. The number of benzene rings is 2. The Bertz CT molecular complexity index is 1480. The molecule has 39 heavy (non-hydrogen) atoms. The number of methoxy groups -OCH3 is 2. The molecule has 3 N–H and O–H groups in total. The Kier molecular flexibility index (Phi) is 9.55. The van der Waals surface area contributed by atoms with Crippen LogP contribution >= 0.6 is 8.38 Å². The van der Waals surface area contributed by atoms with E-state index in [9.17, 15) is 14.0 Å². The van der Waals surface area contributed by atoms with E-state index in [1.807, 2.05) is 0 Å². The number of nitrogens with zero attached hydrogens (tertiary/aromatic N) is 3. The number of nitrogens with one attached hydrogen (secondary N) is 1. The molecule has 0 aliphatic carbocycles. The van der Waals surface area contributed by atoms with Crippen molar-refractivity contribution in [2.24, 2.45) is 0 Å². The Morgan fingerprint density at radius 3 is 2.64 bits per heavy atom. The smallest absolute Gasteiger partial charge is 0.280 e. The maximum Gasteiger partial charge on any atom is 0.280 e. The second-order valence-electron chi connectivity index (χ2n) is 8.10. The zero-order valence-corrected chi connectivity index (χ0v) is 22.2. The minimum absolute atomic E-state index is 0.0167. The molecule has 206 valence electrons. The first-order valence-electron chi connectivity index (χ1n) is 11.7. The van der Waals surface area contributed by atoms with Crippen molar-refractivity contribution in [1.29, 1.82) is 0 Å². The highest BCUT2D eigenvalue weighted by Crippen LogP contribution is 2.39. The fourth-order valence-corrected chi connectivity index (χ4v) is 4.54. The summed E-state index contributed by atoms with van der Waals surface area (Å²) in [6.07, 6.45) is 1.50. The van der Waals surface area contributed by atoms with Crippen molar-refractivity contribution in [3.8, 4) is 11.5 Å². The lowest BCUT2D eigenvalue weighted by molar-refractivity contribution is 0.0896. The molecule has 0 spiro atoms. The number of fused-ring (bicyclic) bond motifs is 1. The van der Waals surface area contributed by atoms with Crippen molar-refractivity contribution in [2.75, 3.05) is 39.5 Å². The van der Waals surface area contributed by atoms with Crippen molar-refractivity contribution in [1.82, 2.24) is 19.5 Å². The number of ketones is 1. The quantitative estimate of drug-likeness (QED) is 0.134. The van der Waals surface area contributed by atoms with Crippen LogP contribution in [-0.4, -0.2) is 59.1 Å². The largest absolute Gasteiger partial charge is 0.497 e. The monoisotopic (exact) mass is 559 g/mol. The molecule has 12 nitrogen and oxygen atoms in total. The van der Waals surface area contributed by atoms with E-state index in [0.29, 0.717) is 29.1 Å². The minimum atomic E-state index is -1.69. The fraction of sp³-hybridized carbons (Fsp3) is 0.280. The second-order valence-corrected chi connectivity index (χ2v) is 9.54. The van der Waals surface area contributed by atoms with Crippen LogP contribution in [0.2, 0.25) is 0 Å². The van der Waals surface area contributed by atoms with E-state index in [-0.39, 0.29) is 49.2 Å². The average molecular weight is 559 g/mol. The van der Waals surface area contributed by atoms with E-state index in [1.165, 1.54) is 25.6 Å². The number of H-pyrrole nitrogens is 1. The molecule has 0 aliphatic rings. The standard InChI is InChI=1S/C25H27FN5O7P/c1-34-18-6-4-17(5-7-18)20(32)13-38-39(37-12-16-3-8-21(35-2)19(26)11-16)15-36-10-9-31-14-28-22-23(31)29-25(27)30-24(22)33/h3-8,11,14H,9-10,12-13,15H2,1-2H3,(H3,27,29,30,33). The molecule has 0 bridgehead atoms. The van der Waals surface area contributed by atoms with Gasteiger partial charge in [0.25, 0.3) is 5.56 Å². The third-order valence-electron chi connectivity index (χ3n) is 5.51. The van der Waals surface area contributed by atoms with E-state index in [1.54, 1.807) is 42.0 Å². The van der Waals surface area contributed by atoms with Crippen LogP contribution in [-0.2, 0) is 26.9 Å². The first-order chi connectivity index (χ1) is 18.9. The number of aromatic nitrogens is 4. The highest BCUT2D eigenvalue weighted by Gasteiger charge is 2.17. The zero-order valence-electron chi connectivity index (χ0n) is 21.3. The van der Waals surface area contributed by atoms with E-state index >= 15 is 0 Å². The molecule has 2 aromatic heterocycles. The zero-order chi connectivity index (χ0) is 27.8. The van der Waals surface area contributed by atoms with Crippen LogP contribution in [0.5, 0.6) is 11.5 Å². The molecule has 2 heterocycles. The number of halogens is 1. The van der Waals surface area contributed by atoms with Crippen LogP contribution in [0.25, 0.3) is 11.2 Å². The van der Waals surface area contributed by atoms with Crippen LogP contribution in [0.1, 0.15) is 15.9 Å². The lowest BCUT2D eigenvalue weighted by atomic mass is 10.1. The van der Waals surface area contributed by atoms with Crippen molar-refractivity contribution < 1.29 is 32.4 Å². The maximum atomic E-state index is 14.1. The predicted molar refractivity (Wildman–Crippen MR) is 141 cm³/mol. The molecule has 14 heteroatoms. The second kappa shape index (κ2) is 13.3. The molecule has 1 unspecified atom stereocenters. The SMILES string of the molecule is COc1ccc(C(=O)COP(COCCn2cnc3c(=O)[nH]c(N)nc32)OCc2ccc(OC)c(F)c2)cc1. The average Bonchev–Trinajstić information content (AvgIpc) is 3.35. The predicted octanol–water partition coefficient (Wildman–Crippen LogP) is 3.26. The van der Waals surface area contributed by atoms with Gasteiger partial charge in [-0.3, -0.25) is 14.6 Å². The Hall–Kier alpha value is -3.90. The van der Waals surface area contributed by atoms with E-state index in [0.717, 1.165) is 0 Å². The fourth-order valence-electron chi connectivity index (χ4n) is 3.49. The number of aromatic amines is 1. The molecular formula is C25H27FN5O7P. The molecule has 0 saturated carbocycles. The van der Waals surface area contributed by atoms with Crippen LogP contribution < -0.4 is 20.8 Å². The summed E-state index contributed by atoms with van der Waals surface area (Å²) in [5.41, 5.74) is 6.72. The summed E-state index contributed by atoms with van der Waals surface area (Å²) in [6, 6.07) is 11.1. The van der Waals surface area contributed by atoms with Gasteiger partial charge in [0.2, 0.25) is 5.95 Å². The number of carbonyl (C=O) groups is 1. The molecule has 4 aromatic rings. The highest BCUT2D eigenvalue weighted by molar-refractivity contribution is 7.47. The molecule has 0 radical (unpaired) electrons. The number of carbonyl (C=O) groups excluding carboxylic acids is 1. The van der Waals surface area contributed by atoms with Gasteiger partial charge in [0.05, 0.1) is 33.8 Å². The van der Waals surface area contributed by atoms with Gasteiger partial charge in [0, 0.05) is 12.1 Å². The summed E-state index contributed by atoms with van der Waals surface area (Å²) in [7, 11) is 1.24. The molecule has 0 saturated heterocycles. The van der Waals surface area contributed by atoms with Gasteiger partial charge in [-0.15, -0.1) is 0 Å². The molecule has 0 amide bonds. The van der Waals surface area contributed by atoms with Gasteiger partial charge in [-0.25, -0.2) is 9.37 Å². The van der Waals surface area contributed by atoms with Crippen LogP contribution in [0.4, 0.5) is 10.3 Å². The first kappa shape index (κ1) is 28.1. The van der Waals surface area contributed by atoms with Crippen LogP contribution in [0.3, 0.4) is 0 Å². The number of imidazole rings is 1. The number of rotatable bonds is 14. The topological polar surface area (TPSA) is 153 Å². The van der Waals surface area contributed by atoms with Gasteiger partial charge in [0.1, 0.15) is 18.7 Å². The minimum Gasteiger partial charge on any atom is -0.497 e. The van der Waals surface area contributed by atoms with E-state index in [4.69, 9.17) is 29.0 Å². The number of anilines is 1. The molecule has 4 rings (SSSR count). The van der Waals surface area contributed by atoms with E-state index in [2.05, 4.69) is 15.0 Å². The molecule has 0 fully saturated rings. The van der Waals surface area contributed by atoms with Crippen LogP contribution in [0.15, 0.2) is 53.6 Å². The number of nitrogens with two attached hydrogens (primary N) is 1. The summed E-state index contributed by atoms with van der Waals surface area (Å²) in [6.45, 7) is 0.320. The summed E-state index contributed by atoms with van der Waals surface area (Å²) in [5.74, 6) is -0.0299. The Labute approximate surface area is 223 Å². The number of Topliss-reactive ketones (excluding diaryl/α,β-unsaturated/α-hetero) is 1. The molecular weight excluding hydrogens is 532 g/mol. The Morgan fingerprint density at radius 2 is 1.92 bits per heavy atom. The molecule has 1 atom stereocenters. The number of hydrogen-bond acceptors (Lipinski definition) is 10. The van der Waals surface area contributed by atoms with Gasteiger partial charge in [-0.1, -0.05) is 6.07 Å². The van der Waals surface area contributed by atoms with Gasteiger partial charge in [-0.2, -0.15) is 4.98 Å². The van der Waals surface area contributed by atoms with Crippen molar-refractivity contribution >= 4 is 31.3 Å². The van der Waals surface area contributed by atoms with Gasteiger partial charge in [0.15, 0.2) is 36.9 Å². The lowest BCUT2D eigenvalue weighted by Crippen LogP contribution is -2.13. The normalized spacial score (nSPS) is 12.0. The van der Waals surface area contributed by atoms with Crippen molar-refractivity contribution in [3.63, 3.8) is 0 Å². The number of hydrogen-bond donors (Lipinski definition) is 2.